The van der Waals surface area contributed by atoms with Gasteiger partial charge in [0.1, 0.15) is 0 Å². The molecule has 0 saturated carbocycles. The molecule has 0 spiro atoms. The number of rotatable bonds is 1. The molecule has 2 nitrogen and oxygen atoms in total. The quantitative estimate of drug-likeness (QED) is 0.552. The summed E-state index contributed by atoms with van der Waals surface area (Å²) in [5.41, 5.74) is 0. The summed E-state index contributed by atoms with van der Waals surface area (Å²) in [4.78, 5) is 3.92. The van der Waals surface area contributed by atoms with Gasteiger partial charge in [-0.3, -0.25) is 0 Å². The fourth-order valence-corrected chi connectivity index (χ4v) is 0.721. The Kier molecular flexibility index (Phi) is 2.74. The van der Waals surface area contributed by atoms with Crippen LogP contribution in [0.2, 0.25) is 0 Å². The van der Waals surface area contributed by atoms with Gasteiger partial charge in [-0.15, -0.1) is 0 Å². The molecule has 0 bridgehead atoms. The minimum Gasteiger partial charge on any atom is -0.326 e. The van der Waals surface area contributed by atoms with Crippen molar-refractivity contribution in [2.24, 2.45) is 5.92 Å². The van der Waals surface area contributed by atoms with Crippen LogP contribution in [0.3, 0.4) is 0 Å². The number of imidazole rings is 1. The van der Waals surface area contributed by atoms with Crippen molar-refractivity contribution in [2.45, 2.75) is 20.4 Å². The van der Waals surface area contributed by atoms with E-state index in [1.54, 1.807) is 12.5 Å². The molecule has 0 amide bonds. The summed E-state index contributed by atoms with van der Waals surface area (Å²) in [5, 5.41) is 0. The van der Waals surface area contributed by atoms with Crippen LogP contribution in [0, 0.1) is 17.8 Å². The van der Waals surface area contributed by atoms with E-state index in [1.807, 2.05) is 10.8 Å². The van der Waals surface area contributed by atoms with Gasteiger partial charge in [0.15, 0.2) is 0 Å². The molecule has 1 aromatic rings. The minimum absolute atomic E-state index is 0.457. The average Bonchev–Trinajstić information content (AvgIpc) is 2.39. The second kappa shape index (κ2) is 3.82. The van der Waals surface area contributed by atoms with Gasteiger partial charge in [-0.25, -0.2) is 4.98 Å². The molecule has 0 aliphatic carbocycles. The van der Waals surface area contributed by atoms with E-state index >= 15 is 0 Å². The molecule has 0 atom stereocenters. The Balaban J connectivity index is 2.42. The molecule has 0 aliphatic heterocycles. The smallest absolute Gasteiger partial charge is 0.0954 e. The van der Waals surface area contributed by atoms with E-state index < -0.39 is 0 Å². The largest absolute Gasteiger partial charge is 0.326 e. The van der Waals surface area contributed by atoms with E-state index in [9.17, 15) is 0 Å². The molecule has 1 rings (SSSR count). The zero-order valence-electron chi connectivity index (χ0n) is 6.91. The highest BCUT2D eigenvalue weighted by molar-refractivity contribution is 5.01. The van der Waals surface area contributed by atoms with Gasteiger partial charge in [-0.1, -0.05) is 25.7 Å². The fraction of sp³-hybridized carbons (Fsp3) is 0.444. The first-order chi connectivity index (χ1) is 5.29. The lowest BCUT2D eigenvalue weighted by atomic mass is 10.2. The summed E-state index contributed by atoms with van der Waals surface area (Å²) in [6.07, 6.45) is 5.45. The zero-order valence-corrected chi connectivity index (χ0v) is 6.91. The third-order valence-electron chi connectivity index (χ3n) is 1.21. The molecular formula is C9H12N2. The summed E-state index contributed by atoms with van der Waals surface area (Å²) in [7, 11) is 0. The van der Waals surface area contributed by atoms with E-state index in [-0.39, 0.29) is 0 Å². The van der Waals surface area contributed by atoms with Crippen molar-refractivity contribution in [3.63, 3.8) is 0 Å². The summed E-state index contributed by atoms with van der Waals surface area (Å²) in [6.45, 7) is 4.92. The van der Waals surface area contributed by atoms with Crippen LogP contribution < -0.4 is 0 Å². The summed E-state index contributed by atoms with van der Waals surface area (Å²) < 4.78 is 1.95. The van der Waals surface area contributed by atoms with Crippen LogP contribution in [0.1, 0.15) is 13.8 Å². The Morgan fingerprint density at radius 3 is 2.91 bits per heavy atom. The van der Waals surface area contributed by atoms with Gasteiger partial charge in [0.25, 0.3) is 0 Å². The van der Waals surface area contributed by atoms with Crippen LogP contribution >= 0.6 is 0 Å². The average molecular weight is 148 g/mol. The summed E-state index contributed by atoms with van der Waals surface area (Å²) >= 11 is 0. The van der Waals surface area contributed by atoms with E-state index in [2.05, 4.69) is 30.7 Å². The Morgan fingerprint density at radius 1 is 1.55 bits per heavy atom. The topological polar surface area (TPSA) is 17.8 Å². The molecule has 0 fully saturated rings. The van der Waals surface area contributed by atoms with Crippen molar-refractivity contribution in [3.05, 3.63) is 18.7 Å². The van der Waals surface area contributed by atoms with Crippen molar-refractivity contribution in [1.29, 1.82) is 0 Å². The van der Waals surface area contributed by atoms with Gasteiger partial charge >= 0.3 is 0 Å². The van der Waals surface area contributed by atoms with Crippen LogP contribution in [0.4, 0.5) is 0 Å². The van der Waals surface area contributed by atoms with Crippen molar-refractivity contribution in [3.8, 4) is 11.8 Å². The molecule has 11 heavy (non-hydrogen) atoms. The Bertz CT molecular complexity index is 249. The van der Waals surface area contributed by atoms with Crippen LogP contribution in [0.25, 0.3) is 0 Å². The van der Waals surface area contributed by atoms with Crippen molar-refractivity contribution >= 4 is 0 Å². The molecule has 2 heteroatoms. The van der Waals surface area contributed by atoms with Crippen molar-refractivity contribution < 1.29 is 0 Å². The van der Waals surface area contributed by atoms with Gasteiger partial charge in [0, 0.05) is 18.3 Å². The minimum atomic E-state index is 0.457. The molecule has 0 aromatic carbocycles. The predicted octanol–water partition coefficient (Wildman–Crippen LogP) is 1.54. The van der Waals surface area contributed by atoms with Crippen LogP contribution in [-0.2, 0) is 6.54 Å². The first-order valence-corrected chi connectivity index (χ1v) is 3.73. The van der Waals surface area contributed by atoms with E-state index in [0.717, 1.165) is 6.54 Å². The van der Waals surface area contributed by atoms with Gasteiger partial charge in [-0.05, 0) is 0 Å². The molecule has 58 valence electrons. The van der Waals surface area contributed by atoms with E-state index in [4.69, 9.17) is 0 Å². The highest BCUT2D eigenvalue weighted by Crippen LogP contribution is 1.87. The lowest BCUT2D eigenvalue weighted by Gasteiger charge is -1.91. The Hall–Kier alpha value is -1.23. The molecule has 0 N–H and O–H groups in total. The fourth-order valence-electron chi connectivity index (χ4n) is 0.721. The lowest BCUT2D eigenvalue weighted by Crippen LogP contribution is -1.90. The molecule has 0 unspecified atom stereocenters. The zero-order chi connectivity index (χ0) is 8.10. The van der Waals surface area contributed by atoms with E-state index in [0.29, 0.717) is 5.92 Å². The highest BCUT2D eigenvalue weighted by atomic mass is 15.0. The van der Waals surface area contributed by atoms with Crippen molar-refractivity contribution in [2.75, 3.05) is 0 Å². The van der Waals surface area contributed by atoms with Crippen LogP contribution in [0.15, 0.2) is 18.7 Å². The van der Waals surface area contributed by atoms with Gasteiger partial charge in [-0.2, -0.15) is 0 Å². The standard InChI is InChI=1S/C9H12N2/c1-9(2)4-3-6-11-7-5-10-8-11/h5,7-9H,6H2,1-2H3. The maximum atomic E-state index is 3.92. The Morgan fingerprint density at radius 2 is 2.36 bits per heavy atom. The van der Waals surface area contributed by atoms with Crippen molar-refractivity contribution in [1.82, 2.24) is 9.55 Å². The highest BCUT2D eigenvalue weighted by Gasteiger charge is 1.83. The molecule has 0 saturated heterocycles. The lowest BCUT2D eigenvalue weighted by molar-refractivity contribution is 0.825. The first-order valence-electron chi connectivity index (χ1n) is 3.73. The predicted molar refractivity (Wildman–Crippen MR) is 44.8 cm³/mol. The monoisotopic (exact) mass is 148 g/mol. The van der Waals surface area contributed by atoms with Gasteiger partial charge in [0.05, 0.1) is 12.9 Å². The molecular weight excluding hydrogens is 136 g/mol. The number of aromatic nitrogens is 2. The molecule has 1 aromatic heterocycles. The first kappa shape index (κ1) is 7.87. The SMILES string of the molecule is CC(C)C#CCn1ccnc1. The second-order valence-corrected chi connectivity index (χ2v) is 2.71. The number of hydrogen-bond donors (Lipinski definition) is 0. The number of hydrogen-bond acceptors (Lipinski definition) is 1. The third-order valence-corrected chi connectivity index (χ3v) is 1.21. The van der Waals surface area contributed by atoms with Gasteiger partial charge in [0.2, 0.25) is 0 Å². The molecule has 0 aliphatic rings. The van der Waals surface area contributed by atoms with Crippen LogP contribution in [-0.4, -0.2) is 9.55 Å². The van der Waals surface area contributed by atoms with Gasteiger partial charge < -0.3 is 4.57 Å². The van der Waals surface area contributed by atoms with Crippen LogP contribution in [0.5, 0.6) is 0 Å². The maximum absolute atomic E-state index is 3.92. The van der Waals surface area contributed by atoms with E-state index in [1.165, 1.54) is 0 Å². The molecule has 0 radical (unpaired) electrons. The summed E-state index contributed by atoms with van der Waals surface area (Å²) in [6, 6.07) is 0. The Labute approximate surface area is 67.3 Å². The summed E-state index contributed by atoms with van der Waals surface area (Å²) in [5.74, 6) is 6.60. The second-order valence-electron chi connectivity index (χ2n) is 2.71. The third kappa shape index (κ3) is 2.90. The molecule has 1 heterocycles. The number of nitrogens with zero attached hydrogens (tertiary/aromatic N) is 2. The normalized spacial score (nSPS) is 9.36. The maximum Gasteiger partial charge on any atom is 0.0954 e.